The molecule has 90 valence electrons. The number of anilines is 1. The molecule has 0 bridgehead atoms. The smallest absolute Gasteiger partial charge is 0.149 e. The number of hydrogen-bond acceptors (Lipinski definition) is 4. The van der Waals surface area contributed by atoms with E-state index in [1.165, 1.54) is 6.26 Å². The summed E-state index contributed by atoms with van der Waals surface area (Å²) in [5.74, 6) is 0.915. The van der Waals surface area contributed by atoms with Crippen LogP contribution in [0, 0.1) is 0 Å². The van der Waals surface area contributed by atoms with Gasteiger partial charge in [-0.2, -0.15) is 0 Å². The Bertz CT molecular complexity index is 429. The van der Waals surface area contributed by atoms with Gasteiger partial charge in [-0.1, -0.05) is 6.07 Å². The number of rotatable bonds is 6. The zero-order valence-corrected chi connectivity index (χ0v) is 10.4. The molecular weight excluding hydrogens is 226 g/mol. The third kappa shape index (κ3) is 5.02. The van der Waals surface area contributed by atoms with Crippen molar-refractivity contribution in [1.29, 1.82) is 0 Å². The highest BCUT2D eigenvalue weighted by molar-refractivity contribution is 7.90. The first-order chi connectivity index (χ1) is 7.51. The Morgan fingerprint density at radius 3 is 2.75 bits per heavy atom. The van der Waals surface area contributed by atoms with Gasteiger partial charge < -0.3 is 10.1 Å². The van der Waals surface area contributed by atoms with Crippen molar-refractivity contribution >= 4 is 15.5 Å². The van der Waals surface area contributed by atoms with Crippen LogP contribution in [-0.2, 0) is 9.84 Å². The Balaban J connectivity index is 2.51. The average molecular weight is 243 g/mol. The Morgan fingerprint density at radius 2 is 2.12 bits per heavy atom. The SMILES string of the molecule is CCOc1cccc(NCCS(C)(=O)=O)c1. The summed E-state index contributed by atoms with van der Waals surface area (Å²) in [7, 11) is -2.91. The van der Waals surface area contributed by atoms with Crippen LogP contribution in [0.15, 0.2) is 24.3 Å². The van der Waals surface area contributed by atoms with E-state index < -0.39 is 9.84 Å². The third-order valence-corrected chi connectivity index (χ3v) is 2.89. The van der Waals surface area contributed by atoms with Crippen molar-refractivity contribution in [2.45, 2.75) is 6.92 Å². The topological polar surface area (TPSA) is 55.4 Å². The number of benzene rings is 1. The molecule has 0 aliphatic heterocycles. The molecule has 1 aromatic carbocycles. The van der Waals surface area contributed by atoms with Crippen LogP contribution in [0.4, 0.5) is 5.69 Å². The number of sulfone groups is 1. The highest BCUT2D eigenvalue weighted by Crippen LogP contribution is 2.16. The van der Waals surface area contributed by atoms with Gasteiger partial charge in [0.15, 0.2) is 0 Å². The second-order valence-corrected chi connectivity index (χ2v) is 5.78. The summed E-state index contributed by atoms with van der Waals surface area (Å²) in [6, 6.07) is 7.47. The van der Waals surface area contributed by atoms with E-state index in [2.05, 4.69) is 5.32 Å². The lowest BCUT2D eigenvalue weighted by atomic mass is 10.3. The van der Waals surface area contributed by atoms with Crippen LogP contribution in [0.25, 0.3) is 0 Å². The fourth-order valence-corrected chi connectivity index (χ4v) is 1.72. The standard InChI is InChI=1S/C11H17NO3S/c1-3-15-11-6-4-5-10(9-11)12-7-8-16(2,13)14/h4-6,9,12H,3,7-8H2,1-2H3. The minimum atomic E-state index is -2.91. The zero-order chi connectivity index (χ0) is 12.0. The van der Waals surface area contributed by atoms with E-state index in [1.54, 1.807) is 0 Å². The molecule has 0 amide bonds. The van der Waals surface area contributed by atoms with Crippen molar-refractivity contribution in [2.24, 2.45) is 0 Å². The lowest BCUT2D eigenvalue weighted by Crippen LogP contribution is -2.14. The Morgan fingerprint density at radius 1 is 1.38 bits per heavy atom. The predicted molar refractivity (Wildman–Crippen MR) is 65.8 cm³/mol. The van der Waals surface area contributed by atoms with Crippen molar-refractivity contribution in [3.8, 4) is 5.75 Å². The molecule has 0 saturated heterocycles. The summed E-state index contributed by atoms with van der Waals surface area (Å²) in [5.41, 5.74) is 0.870. The molecule has 0 spiro atoms. The van der Waals surface area contributed by atoms with Crippen LogP contribution in [-0.4, -0.2) is 33.6 Å². The van der Waals surface area contributed by atoms with Crippen LogP contribution < -0.4 is 10.1 Å². The van der Waals surface area contributed by atoms with Gasteiger partial charge in [-0.25, -0.2) is 8.42 Å². The Kier molecular flexibility index (Phi) is 4.61. The summed E-state index contributed by atoms with van der Waals surface area (Å²) in [6.45, 7) is 2.95. The zero-order valence-electron chi connectivity index (χ0n) is 9.56. The van der Waals surface area contributed by atoms with Gasteiger partial charge in [0.05, 0.1) is 12.4 Å². The second kappa shape index (κ2) is 5.75. The average Bonchev–Trinajstić information content (AvgIpc) is 2.17. The lowest BCUT2D eigenvalue weighted by molar-refractivity contribution is 0.340. The van der Waals surface area contributed by atoms with Gasteiger partial charge in [-0.15, -0.1) is 0 Å². The lowest BCUT2D eigenvalue weighted by Gasteiger charge is -2.08. The van der Waals surface area contributed by atoms with E-state index >= 15 is 0 Å². The molecule has 4 nitrogen and oxygen atoms in total. The van der Waals surface area contributed by atoms with Crippen LogP contribution in [0.3, 0.4) is 0 Å². The van der Waals surface area contributed by atoms with Crippen LogP contribution >= 0.6 is 0 Å². The predicted octanol–water partition coefficient (Wildman–Crippen LogP) is 1.54. The van der Waals surface area contributed by atoms with Crippen molar-refractivity contribution in [3.05, 3.63) is 24.3 Å². The Labute approximate surface area is 96.5 Å². The Hall–Kier alpha value is -1.23. The molecule has 0 aliphatic rings. The molecule has 0 aliphatic carbocycles. The number of nitrogens with one attached hydrogen (secondary N) is 1. The normalized spacial score (nSPS) is 11.1. The summed E-state index contributed by atoms with van der Waals surface area (Å²) in [5, 5.41) is 3.04. The van der Waals surface area contributed by atoms with E-state index in [4.69, 9.17) is 4.74 Å². The molecule has 0 aromatic heterocycles. The summed E-state index contributed by atoms with van der Waals surface area (Å²) in [4.78, 5) is 0. The monoisotopic (exact) mass is 243 g/mol. The molecule has 0 fully saturated rings. The third-order valence-electron chi connectivity index (χ3n) is 1.95. The largest absolute Gasteiger partial charge is 0.494 e. The maximum absolute atomic E-state index is 10.9. The van der Waals surface area contributed by atoms with Gasteiger partial charge in [0.25, 0.3) is 0 Å². The first-order valence-corrected chi connectivity index (χ1v) is 7.22. The molecular formula is C11H17NO3S. The maximum Gasteiger partial charge on any atom is 0.149 e. The van der Waals surface area contributed by atoms with Gasteiger partial charge in [-0.05, 0) is 19.1 Å². The van der Waals surface area contributed by atoms with Crippen LogP contribution in [0.5, 0.6) is 5.75 Å². The van der Waals surface area contributed by atoms with E-state index in [0.29, 0.717) is 13.2 Å². The minimum absolute atomic E-state index is 0.131. The highest BCUT2D eigenvalue weighted by Gasteiger charge is 2.01. The molecule has 0 heterocycles. The van der Waals surface area contributed by atoms with E-state index in [1.807, 2.05) is 31.2 Å². The van der Waals surface area contributed by atoms with E-state index in [9.17, 15) is 8.42 Å². The minimum Gasteiger partial charge on any atom is -0.494 e. The van der Waals surface area contributed by atoms with Gasteiger partial charge in [0.2, 0.25) is 0 Å². The van der Waals surface area contributed by atoms with Crippen molar-refractivity contribution in [1.82, 2.24) is 0 Å². The van der Waals surface area contributed by atoms with Gasteiger partial charge in [0.1, 0.15) is 15.6 Å². The quantitative estimate of drug-likeness (QED) is 0.823. The molecule has 1 aromatic rings. The first kappa shape index (κ1) is 12.8. The molecule has 0 radical (unpaired) electrons. The van der Waals surface area contributed by atoms with Crippen LogP contribution in [0.2, 0.25) is 0 Å². The number of ether oxygens (including phenoxy) is 1. The fourth-order valence-electron chi connectivity index (χ4n) is 1.24. The summed E-state index contributed by atoms with van der Waals surface area (Å²) < 4.78 is 27.2. The molecule has 5 heteroatoms. The first-order valence-electron chi connectivity index (χ1n) is 5.16. The van der Waals surface area contributed by atoms with Crippen molar-refractivity contribution < 1.29 is 13.2 Å². The molecule has 0 saturated carbocycles. The summed E-state index contributed by atoms with van der Waals surface area (Å²) >= 11 is 0. The van der Waals surface area contributed by atoms with Gasteiger partial charge in [0, 0.05) is 24.6 Å². The van der Waals surface area contributed by atoms with E-state index in [-0.39, 0.29) is 5.75 Å². The molecule has 0 unspecified atom stereocenters. The molecule has 0 atom stereocenters. The summed E-state index contributed by atoms with van der Waals surface area (Å²) in [6.07, 6.45) is 1.23. The molecule has 1 rings (SSSR count). The molecule has 16 heavy (non-hydrogen) atoms. The van der Waals surface area contributed by atoms with Crippen LogP contribution in [0.1, 0.15) is 6.92 Å². The highest BCUT2D eigenvalue weighted by atomic mass is 32.2. The fraction of sp³-hybridized carbons (Fsp3) is 0.455. The molecule has 1 N–H and O–H groups in total. The van der Waals surface area contributed by atoms with Crippen molar-refractivity contribution in [3.63, 3.8) is 0 Å². The van der Waals surface area contributed by atoms with Crippen molar-refractivity contribution in [2.75, 3.05) is 30.5 Å². The maximum atomic E-state index is 10.9. The van der Waals surface area contributed by atoms with E-state index in [0.717, 1.165) is 11.4 Å². The van der Waals surface area contributed by atoms with Gasteiger partial charge >= 0.3 is 0 Å². The number of hydrogen-bond donors (Lipinski definition) is 1. The van der Waals surface area contributed by atoms with Gasteiger partial charge in [-0.3, -0.25) is 0 Å². The second-order valence-electron chi connectivity index (χ2n) is 3.52.